The average Bonchev–Trinajstić information content (AvgIpc) is 3.32. The lowest BCUT2D eigenvalue weighted by molar-refractivity contribution is -0.388. The van der Waals surface area contributed by atoms with Gasteiger partial charge in [0.05, 0.1) is 24.2 Å². The lowest BCUT2D eigenvalue weighted by atomic mass is 9.92. The van der Waals surface area contributed by atoms with Crippen LogP contribution < -0.4 is 20.7 Å². The molecule has 3 N–H and O–H groups in total. The molecule has 1 aliphatic heterocycles. The van der Waals surface area contributed by atoms with Gasteiger partial charge < -0.3 is 25.4 Å². The molecule has 1 saturated carbocycles. The number of nitrogens with one attached hydrogen (secondary N) is 3. The summed E-state index contributed by atoms with van der Waals surface area (Å²) >= 11 is 5.98. The molecule has 0 spiro atoms. The molecular weight excluding hydrogens is 557 g/mol. The highest BCUT2D eigenvalue weighted by Gasteiger charge is 2.38. The second-order valence-corrected chi connectivity index (χ2v) is 10.1. The molecule has 0 saturated heterocycles. The number of ether oxygens (including phenoxy) is 2. The van der Waals surface area contributed by atoms with E-state index in [1.165, 1.54) is 6.07 Å². The fourth-order valence-electron chi connectivity index (χ4n) is 4.78. The largest absolute Gasteiger partial charge is 0.488 e. The van der Waals surface area contributed by atoms with E-state index in [4.69, 9.17) is 21.1 Å². The second-order valence-electron chi connectivity index (χ2n) is 9.64. The molecule has 2 aliphatic rings. The Morgan fingerprint density at radius 1 is 1.07 bits per heavy atom. The molecule has 0 bridgehead atoms. The number of halogens is 4. The van der Waals surface area contributed by atoms with Gasteiger partial charge in [0.2, 0.25) is 0 Å². The summed E-state index contributed by atoms with van der Waals surface area (Å²) in [4.78, 5) is 34.0. The van der Waals surface area contributed by atoms with Crippen molar-refractivity contribution in [2.24, 2.45) is 0 Å². The molecule has 14 heteroatoms. The van der Waals surface area contributed by atoms with Gasteiger partial charge in [-0.25, -0.2) is 0 Å². The SMILES string of the molecule is O=C(NCCOC1CCC(Nc2ccc([N+](=O)[O-])c(C(F)(F)F)c2)CC1)C(=O)NCC1Cc2cc(Cl)ccc2O1. The van der Waals surface area contributed by atoms with E-state index in [0.717, 1.165) is 17.7 Å². The second kappa shape index (κ2) is 12.7. The molecular formula is C26H28ClF3N4O6. The van der Waals surface area contributed by atoms with Gasteiger partial charge in [-0.1, -0.05) is 11.6 Å². The third kappa shape index (κ3) is 7.75. The molecule has 40 heavy (non-hydrogen) atoms. The first kappa shape index (κ1) is 29.4. The van der Waals surface area contributed by atoms with E-state index in [9.17, 15) is 32.9 Å². The minimum atomic E-state index is -4.84. The Hall–Kier alpha value is -3.58. The van der Waals surface area contributed by atoms with Crippen LogP contribution in [0.4, 0.5) is 24.5 Å². The van der Waals surface area contributed by atoms with Gasteiger partial charge in [-0.3, -0.25) is 19.7 Å². The van der Waals surface area contributed by atoms with Crippen molar-refractivity contribution in [3.63, 3.8) is 0 Å². The number of nitrogens with zero attached hydrogens (tertiary/aromatic N) is 1. The van der Waals surface area contributed by atoms with Crippen LogP contribution in [0.2, 0.25) is 5.02 Å². The molecule has 2 aromatic rings. The standard InChI is InChI=1S/C26H28ClF3N4O6/c27-16-1-8-23-15(11-16)12-20(40-23)14-32-25(36)24(35)31-9-10-39-19-5-2-17(3-6-19)33-18-4-7-22(34(37)38)21(13-18)26(28,29)30/h1,4,7-8,11,13,17,19-20,33H,2-3,5-6,9-10,12,14H2,(H,31,35)(H,32,36). The first-order chi connectivity index (χ1) is 19.0. The van der Waals surface area contributed by atoms with Crippen LogP contribution in [0.5, 0.6) is 5.75 Å². The quantitative estimate of drug-likeness (QED) is 0.174. The highest BCUT2D eigenvalue weighted by molar-refractivity contribution is 6.35. The van der Waals surface area contributed by atoms with Crippen molar-refractivity contribution in [3.05, 3.63) is 62.7 Å². The molecule has 1 unspecified atom stereocenters. The summed E-state index contributed by atoms with van der Waals surface area (Å²) in [5, 5.41) is 19.6. The Morgan fingerprint density at radius 3 is 2.50 bits per heavy atom. The maximum absolute atomic E-state index is 13.2. The average molecular weight is 585 g/mol. The number of carbonyl (C=O) groups excluding carboxylic acids is 2. The predicted octanol–water partition coefficient (Wildman–Crippen LogP) is 4.24. The highest BCUT2D eigenvalue weighted by Crippen LogP contribution is 2.38. The summed E-state index contributed by atoms with van der Waals surface area (Å²) in [6.07, 6.45) is -2.12. The van der Waals surface area contributed by atoms with Crippen LogP contribution in [-0.4, -0.2) is 54.7 Å². The van der Waals surface area contributed by atoms with Crippen LogP contribution in [0, 0.1) is 10.1 Å². The summed E-state index contributed by atoms with van der Waals surface area (Å²) in [5.74, 6) is -0.850. The number of benzene rings is 2. The smallest absolute Gasteiger partial charge is 0.423 e. The molecule has 4 rings (SSSR count). The van der Waals surface area contributed by atoms with Crippen molar-refractivity contribution in [3.8, 4) is 5.75 Å². The number of carbonyl (C=O) groups is 2. The highest BCUT2D eigenvalue weighted by atomic mass is 35.5. The number of fused-ring (bicyclic) bond motifs is 1. The van der Waals surface area contributed by atoms with Crippen LogP contribution in [0.1, 0.15) is 36.8 Å². The number of amides is 2. The van der Waals surface area contributed by atoms with E-state index in [1.54, 1.807) is 18.2 Å². The molecule has 1 atom stereocenters. The van der Waals surface area contributed by atoms with Crippen LogP contribution in [0.3, 0.4) is 0 Å². The number of nitro groups is 1. The minimum Gasteiger partial charge on any atom is -0.488 e. The van der Waals surface area contributed by atoms with Crippen LogP contribution in [0.15, 0.2) is 36.4 Å². The fraction of sp³-hybridized carbons (Fsp3) is 0.462. The lowest BCUT2D eigenvalue weighted by Crippen LogP contribution is -2.44. The van der Waals surface area contributed by atoms with Crippen molar-refractivity contribution in [1.82, 2.24) is 10.6 Å². The summed E-state index contributed by atoms with van der Waals surface area (Å²) < 4.78 is 51.2. The zero-order valence-corrected chi connectivity index (χ0v) is 22.0. The third-order valence-electron chi connectivity index (χ3n) is 6.75. The van der Waals surface area contributed by atoms with Crippen molar-refractivity contribution < 1.29 is 37.2 Å². The monoisotopic (exact) mass is 584 g/mol. The van der Waals surface area contributed by atoms with E-state index in [2.05, 4.69) is 16.0 Å². The number of alkyl halides is 3. The van der Waals surface area contributed by atoms with Gasteiger partial charge >= 0.3 is 18.0 Å². The number of hydrogen-bond donors (Lipinski definition) is 3. The molecule has 1 aliphatic carbocycles. The number of anilines is 1. The molecule has 10 nitrogen and oxygen atoms in total. The molecule has 0 radical (unpaired) electrons. The zero-order chi connectivity index (χ0) is 28.9. The van der Waals surface area contributed by atoms with E-state index in [-0.39, 0.29) is 43.6 Å². The van der Waals surface area contributed by atoms with Crippen LogP contribution in [-0.2, 0) is 26.9 Å². The normalized spacial score (nSPS) is 20.2. The Bertz CT molecular complexity index is 1250. The zero-order valence-electron chi connectivity index (χ0n) is 21.3. The van der Waals surface area contributed by atoms with Gasteiger partial charge in [-0.2, -0.15) is 13.2 Å². The Labute approximate surface area is 232 Å². The summed E-state index contributed by atoms with van der Waals surface area (Å²) in [7, 11) is 0. The maximum atomic E-state index is 13.2. The summed E-state index contributed by atoms with van der Waals surface area (Å²) in [6.45, 7) is 0.502. The number of hydrogen-bond acceptors (Lipinski definition) is 7. The number of rotatable bonds is 9. The van der Waals surface area contributed by atoms with Crippen molar-refractivity contribution >= 4 is 34.8 Å². The van der Waals surface area contributed by atoms with Gasteiger partial charge in [-0.15, -0.1) is 0 Å². The lowest BCUT2D eigenvalue weighted by Gasteiger charge is -2.30. The van der Waals surface area contributed by atoms with Gasteiger partial charge in [-0.05, 0) is 61.6 Å². The van der Waals surface area contributed by atoms with E-state index in [0.29, 0.717) is 42.9 Å². The van der Waals surface area contributed by atoms with Gasteiger partial charge in [0.25, 0.3) is 5.69 Å². The molecule has 1 fully saturated rings. The van der Waals surface area contributed by atoms with E-state index < -0.39 is 34.2 Å². The molecule has 216 valence electrons. The van der Waals surface area contributed by atoms with E-state index in [1.807, 2.05) is 0 Å². The predicted molar refractivity (Wildman–Crippen MR) is 139 cm³/mol. The Morgan fingerprint density at radius 2 is 1.80 bits per heavy atom. The van der Waals surface area contributed by atoms with E-state index >= 15 is 0 Å². The van der Waals surface area contributed by atoms with Crippen molar-refractivity contribution in [2.45, 2.75) is 56.5 Å². The first-order valence-electron chi connectivity index (χ1n) is 12.7. The Balaban J connectivity index is 1.11. The van der Waals surface area contributed by atoms with Gasteiger partial charge in [0.15, 0.2) is 0 Å². The summed E-state index contributed by atoms with van der Waals surface area (Å²) in [5.41, 5.74) is -1.17. The minimum absolute atomic E-state index is 0.0963. The summed E-state index contributed by atoms with van der Waals surface area (Å²) in [6, 6.07) is 8.06. The number of nitro benzene ring substituents is 1. The molecule has 2 amide bonds. The Kier molecular flexibility index (Phi) is 9.36. The molecule has 2 aromatic carbocycles. The third-order valence-corrected chi connectivity index (χ3v) is 6.98. The maximum Gasteiger partial charge on any atom is 0.423 e. The van der Waals surface area contributed by atoms with Crippen molar-refractivity contribution in [2.75, 3.05) is 25.0 Å². The first-order valence-corrected chi connectivity index (χ1v) is 13.1. The fourth-order valence-corrected chi connectivity index (χ4v) is 4.98. The van der Waals surface area contributed by atoms with Crippen LogP contribution >= 0.6 is 11.6 Å². The van der Waals surface area contributed by atoms with Crippen LogP contribution in [0.25, 0.3) is 0 Å². The van der Waals surface area contributed by atoms with Gasteiger partial charge in [0.1, 0.15) is 17.4 Å². The molecule has 1 heterocycles. The molecule has 0 aromatic heterocycles. The topological polar surface area (TPSA) is 132 Å². The van der Waals surface area contributed by atoms with Gasteiger partial charge in [0, 0.05) is 35.8 Å². The van der Waals surface area contributed by atoms with Crippen molar-refractivity contribution in [1.29, 1.82) is 0 Å².